The predicted octanol–water partition coefficient (Wildman–Crippen LogP) is 2.13. The molecule has 0 aliphatic carbocycles. The minimum Gasteiger partial charge on any atom is -0.508 e. The first-order chi connectivity index (χ1) is 15.7. The SMILES string of the molecule is CC(C)c1cc(C2N(CCN(C)C)N=C(C(N)=O)N2c2ccc3c(c2)OCO3)c(O)cc1O. The first kappa shape index (κ1) is 22.5. The second-order valence-corrected chi connectivity index (χ2v) is 8.66. The molecule has 4 N–H and O–H groups in total. The lowest BCUT2D eigenvalue weighted by Gasteiger charge is -2.33. The molecule has 176 valence electrons. The Balaban J connectivity index is 1.87. The third kappa shape index (κ3) is 4.21. The molecule has 10 heteroatoms. The van der Waals surface area contributed by atoms with Crippen LogP contribution in [0.1, 0.15) is 37.1 Å². The number of ether oxygens (including phenoxy) is 2. The summed E-state index contributed by atoms with van der Waals surface area (Å²) in [6, 6.07) is 8.38. The van der Waals surface area contributed by atoms with Gasteiger partial charge in [0.15, 0.2) is 17.7 Å². The van der Waals surface area contributed by atoms with E-state index in [2.05, 4.69) is 5.10 Å². The van der Waals surface area contributed by atoms with E-state index in [9.17, 15) is 15.0 Å². The second kappa shape index (κ2) is 8.70. The Morgan fingerprint density at radius 3 is 2.58 bits per heavy atom. The number of aromatic hydroxyl groups is 2. The molecular weight excluding hydrogens is 426 g/mol. The van der Waals surface area contributed by atoms with Crippen molar-refractivity contribution in [2.24, 2.45) is 10.8 Å². The van der Waals surface area contributed by atoms with Gasteiger partial charge in [0.25, 0.3) is 5.91 Å². The van der Waals surface area contributed by atoms with Crippen molar-refractivity contribution in [2.75, 3.05) is 38.9 Å². The second-order valence-electron chi connectivity index (χ2n) is 8.66. The van der Waals surface area contributed by atoms with Crippen LogP contribution in [0.15, 0.2) is 35.4 Å². The Morgan fingerprint density at radius 2 is 1.91 bits per heavy atom. The minimum atomic E-state index is -0.702. The van der Waals surface area contributed by atoms with Gasteiger partial charge in [-0.25, -0.2) is 0 Å². The molecule has 0 saturated heterocycles. The number of nitrogens with two attached hydrogens (primary N) is 1. The number of likely N-dealkylation sites (N-methyl/N-ethyl adjacent to an activating group) is 1. The largest absolute Gasteiger partial charge is 0.508 e. The summed E-state index contributed by atoms with van der Waals surface area (Å²) in [6.07, 6.45) is -0.675. The highest BCUT2D eigenvalue weighted by atomic mass is 16.7. The molecular formula is C23H29N5O5. The molecule has 2 aliphatic rings. The maximum absolute atomic E-state index is 12.4. The van der Waals surface area contributed by atoms with Crippen molar-refractivity contribution in [3.05, 3.63) is 41.5 Å². The van der Waals surface area contributed by atoms with E-state index < -0.39 is 12.1 Å². The van der Waals surface area contributed by atoms with Gasteiger partial charge in [-0.1, -0.05) is 13.8 Å². The number of hydrazone groups is 1. The van der Waals surface area contributed by atoms with Crippen molar-refractivity contribution in [3.63, 3.8) is 0 Å². The summed E-state index contributed by atoms with van der Waals surface area (Å²) in [5, 5.41) is 27.5. The number of carbonyl (C=O) groups excluding carboxylic acids is 1. The smallest absolute Gasteiger partial charge is 0.286 e. The zero-order valence-corrected chi connectivity index (χ0v) is 19.1. The first-order valence-electron chi connectivity index (χ1n) is 10.7. The van der Waals surface area contributed by atoms with Gasteiger partial charge in [-0.3, -0.25) is 14.7 Å². The normalized spacial score (nSPS) is 17.3. The van der Waals surface area contributed by atoms with Crippen molar-refractivity contribution in [1.82, 2.24) is 9.91 Å². The molecule has 33 heavy (non-hydrogen) atoms. The third-order valence-corrected chi connectivity index (χ3v) is 5.69. The van der Waals surface area contributed by atoms with Gasteiger partial charge in [-0.2, -0.15) is 5.10 Å². The summed E-state index contributed by atoms with van der Waals surface area (Å²) in [6.45, 7) is 5.14. The molecule has 2 aliphatic heterocycles. The molecule has 1 atom stereocenters. The number of phenols is 2. The van der Waals surface area contributed by atoms with Crippen molar-refractivity contribution in [2.45, 2.75) is 25.9 Å². The van der Waals surface area contributed by atoms with Crippen molar-refractivity contribution >= 4 is 17.4 Å². The highest BCUT2D eigenvalue weighted by molar-refractivity contribution is 6.43. The van der Waals surface area contributed by atoms with Crippen LogP contribution in [0.3, 0.4) is 0 Å². The molecule has 1 amide bonds. The van der Waals surface area contributed by atoms with E-state index in [1.165, 1.54) is 6.07 Å². The number of primary amides is 1. The summed E-state index contributed by atoms with van der Waals surface area (Å²) >= 11 is 0. The number of carbonyl (C=O) groups is 1. The van der Waals surface area contributed by atoms with Crippen LogP contribution in [0.5, 0.6) is 23.0 Å². The van der Waals surface area contributed by atoms with Gasteiger partial charge >= 0.3 is 0 Å². The lowest BCUT2D eigenvalue weighted by atomic mass is 9.97. The average molecular weight is 456 g/mol. The summed E-state index contributed by atoms with van der Waals surface area (Å²) in [5.74, 6) is 0.393. The fraction of sp³-hybridized carbons (Fsp3) is 0.391. The molecule has 2 aromatic rings. The molecule has 1 unspecified atom stereocenters. The van der Waals surface area contributed by atoms with Crippen LogP contribution in [-0.4, -0.2) is 65.8 Å². The van der Waals surface area contributed by atoms with Crippen LogP contribution in [0.4, 0.5) is 5.69 Å². The highest BCUT2D eigenvalue weighted by Gasteiger charge is 2.41. The fourth-order valence-corrected chi connectivity index (χ4v) is 4.00. The number of hydrogen-bond acceptors (Lipinski definition) is 9. The number of fused-ring (bicyclic) bond motifs is 1. The molecule has 2 aromatic carbocycles. The average Bonchev–Trinajstić information content (AvgIpc) is 3.36. The molecule has 0 radical (unpaired) electrons. The fourth-order valence-electron chi connectivity index (χ4n) is 4.00. The lowest BCUT2D eigenvalue weighted by molar-refractivity contribution is -0.112. The molecule has 0 fully saturated rings. The van der Waals surface area contributed by atoms with Gasteiger partial charge in [0.05, 0.1) is 6.54 Å². The number of rotatable bonds is 7. The van der Waals surface area contributed by atoms with E-state index in [0.717, 1.165) is 0 Å². The van der Waals surface area contributed by atoms with E-state index in [1.807, 2.05) is 32.8 Å². The third-order valence-electron chi connectivity index (χ3n) is 5.69. The zero-order chi connectivity index (χ0) is 23.9. The van der Waals surface area contributed by atoms with Crippen LogP contribution in [0.25, 0.3) is 0 Å². The Labute approximate surface area is 192 Å². The zero-order valence-electron chi connectivity index (χ0n) is 19.1. The van der Waals surface area contributed by atoms with Crippen LogP contribution in [0.2, 0.25) is 0 Å². The van der Waals surface area contributed by atoms with E-state index in [-0.39, 0.29) is 30.0 Å². The maximum atomic E-state index is 12.4. The van der Waals surface area contributed by atoms with Crippen LogP contribution < -0.4 is 20.1 Å². The van der Waals surface area contributed by atoms with Crippen LogP contribution in [-0.2, 0) is 4.79 Å². The summed E-state index contributed by atoms with van der Waals surface area (Å²) in [7, 11) is 3.88. The van der Waals surface area contributed by atoms with Gasteiger partial charge in [-0.05, 0) is 43.8 Å². The van der Waals surface area contributed by atoms with E-state index in [4.69, 9.17) is 15.2 Å². The molecule has 0 saturated carbocycles. The molecule has 10 nitrogen and oxygen atoms in total. The first-order valence-corrected chi connectivity index (χ1v) is 10.7. The van der Waals surface area contributed by atoms with Crippen molar-refractivity contribution < 1.29 is 24.5 Å². The summed E-state index contributed by atoms with van der Waals surface area (Å²) < 4.78 is 10.9. The Bertz CT molecular complexity index is 1100. The monoisotopic (exact) mass is 455 g/mol. The quantitative estimate of drug-likeness (QED) is 0.580. The molecule has 2 heterocycles. The summed E-state index contributed by atoms with van der Waals surface area (Å²) in [4.78, 5) is 16.1. The van der Waals surface area contributed by atoms with Crippen molar-refractivity contribution in [3.8, 4) is 23.0 Å². The maximum Gasteiger partial charge on any atom is 0.286 e. The lowest BCUT2D eigenvalue weighted by Crippen LogP contribution is -2.41. The van der Waals surface area contributed by atoms with Gasteiger partial charge in [0.1, 0.15) is 11.5 Å². The Morgan fingerprint density at radius 1 is 1.18 bits per heavy atom. The number of amidine groups is 1. The Kier molecular flexibility index (Phi) is 5.94. The number of anilines is 1. The molecule has 0 bridgehead atoms. The minimum absolute atomic E-state index is 0.00904. The highest BCUT2D eigenvalue weighted by Crippen LogP contribution is 2.44. The van der Waals surface area contributed by atoms with Crippen molar-refractivity contribution in [1.29, 1.82) is 0 Å². The molecule has 0 spiro atoms. The van der Waals surface area contributed by atoms with Crippen LogP contribution in [0, 0.1) is 0 Å². The summed E-state index contributed by atoms with van der Waals surface area (Å²) in [5.41, 5.74) is 7.50. The number of benzene rings is 2. The van der Waals surface area contributed by atoms with E-state index in [0.29, 0.717) is 41.4 Å². The van der Waals surface area contributed by atoms with Crippen LogP contribution >= 0.6 is 0 Å². The van der Waals surface area contributed by atoms with Gasteiger partial charge in [0, 0.05) is 29.9 Å². The Hall–Kier alpha value is -3.66. The topological polar surface area (TPSA) is 124 Å². The number of phenolic OH excluding ortho intramolecular Hbond substituents is 2. The van der Waals surface area contributed by atoms with E-state index >= 15 is 0 Å². The van der Waals surface area contributed by atoms with E-state index in [1.54, 1.807) is 34.2 Å². The predicted molar refractivity (Wildman–Crippen MR) is 124 cm³/mol. The van der Waals surface area contributed by atoms with Gasteiger partial charge in [0.2, 0.25) is 12.6 Å². The standard InChI is InChI=1S/C23H29N5O5/c1-13(2)15-10-16(18(30)11-17(15)29)23-27(8-7-26(3)4)25-22(21(24)31)28(23)14-5-6-19-20(9-14)33-12-32-19/h5-6,9-11,13,23,29-30H,7-8,12H2,1-4H3,(H2,24,31). The number of nitrogens with zero attached hydrogens (tertiary/aromatic N) is 4. The molecule has 4 rings (SSSR count). The number of hydrogen-bond donors (Lipinski definition) is 3. The van der Waals surface area contributed by atoms with Gasteiger partial charge < -0.3 is 30.3 Å². The molecule has 0 aromatic heterocycles. The van der Waals surface area contributed by atoms with Gasteiger partial charge in [-0.15, -0.1) is 0 Å². The number of amides is 1.